The van der Waals surface area contributed by atoms with Gasteiger partial charge in [-0.1, -0.05) is 20.8 Å². The maximum absolute atomic E-state index is 6.03. The minimum Gasteiger partial charge on any atom is -0.414 e. The number of rotatable bonds is 15. The van der Waals surface area contributed by atoms with Crippen molar-refractivity contribution in [1.82, 2.24) is 0 Å². The van der Waals surface area contributed by atoms with Gasteiger partial charge in [0.05, 0.1) is 59.5 Å². The molecule has 23 heavy (non-hydrogen) atoms. The molecule has 0 aliphatic heterocycles. The van der Waals surface area contributed by atoms with Crippen LogP contribution in [0.25, 0.3) is 0 Å². The van der Waals surface area contributed by atoms with Gasteiger partial charge >= 0.3 is 0 Å². The third-order valence-corrected chi connectivity index (χ3v) is 8.41. The topological polar surface area (TPSA) is 72.2 Å². The summed E-state index contributed by atoms with van der Waals surface area (Å²) in [6, 6.07) is 0. The molecule has 0 atom stereocenters. The average Bonchev–Trinajstić information content (AvgIpc) is 2.46. The lowest BCUT2D eigenvalue weighted by atomic mass is 10.2. The molecule has 0 aliphatic carbocycles. The summed E-state index contributed by atoms with van der Waals surface area (Å²) in [4.78, 5) is 0. The predicted octanol–water partition coefficient (Wildman–Crippen LogP) is 2.03. The van der Waals surface area contributed by atoms with Crippen molar-refractivity contribution in [1.29, 1.82) is 0 Å². The fraction of sp³-hybridized carbons (Fsp3) is 1.00. The molecular formula is C16H37NO5Si. The summed E-state index contributed by atoms with van der Waals surface area (Å²) < 4.78 is 27.5. The molecule has 0 aromatic rings. The molecule has 2 N–H and O–H groups in total. The van der Waals surface area contributed by atoms with Gasteiger partial charge in [0.25, 0.3) is 0 Å². The van der Waals surface area contributed by atoms with Gasteiger partial charge in [-0.15, -0.1) is 0 Å². The fourth-order valence-corrected chi connectivity index (χ4v) is 2.44. The van der Waals surface area contributed by atoms with Crippen molar-refractivity contribution >= 4 is 8.32 Å². The second-order valence-electron chi connectivity index (χ2n) is 6.85. The molecule has 0 aliphatic rings. The molecule has 140 valence electrons. The van der Waals surface area contributed by atoms with Crippen molar-refractivity contribution in [3.8, 4) is 0 Å². The zero-order chi connectivity index (χ0) is 17.6. The molecule has 0 fully saturated rings. The Bertz CT molecular complexity index is 272. The zero-order valence-electron chi connectivity index (χ0n) is 15.7. The van der Waals surface area contributed by atoms with E-state index in [0.29, 0.717) is 66.0 Å². The molecule has 0 unspecified atom stereocenters. The van der Waals surface area contributed by atoms with E-state index in [1.807, 2.05) is 0 Å². The maximum atomic E-state index is 6.03. The minimum atomic E-state index is -1.65. The van der Waals surface area contributed by atoms with Crippen molar-refractivity contribution in [2.24, 2.45) is 5.73 Å². The van der Waals surface area contributed by atoms with Crippen molar-refractivity contribution in [3.05, 3.63) is 0 Å². The Balaban J connectivity index is 3.25. The van der Waals surface area contributed by atoms with Gasteiger partial charge in [-0.3, -0.25) is 0 Å². The third-order valence-electron chi connectivity index (χ3n) is 3.87. The van der Waals surface area contributed by atoms with E-state index in [4.69, 9.17) is 29.1 Å². The highest BCUT2D eigenvalue weighted by molar-refractivity contribution is 6.74. The molecule has 7 heteroatoms. The van der Waals surface area contributed by atoms with Crippen molar-refractivity contribution in [2.45, 2.75) is 38.9 Å². The number of hydrogen-bond donors (Lipinski definition) is 1. The Hall–Kier alpha value is -0.0231. The first kappa shape index (κ1) is 23.0. The Labute approximate surface area is 143 Å². The second kappa shape index (κ2) is 13.3. The van der Waals surface area contributed by atoms with Gasteiger partial charge in [-0.2, -0.15) is 0 Å². The average molecular weight is 352 g/mol. The van der Waals surface area contributed by atoms with Crippen LogP contribution in [0.3, 0.4) is 0 Å². The van der Waals surface area contributed by atoms with E-state index in [2.05, 4.69) is 33.9 Å². The summed E-state index contributed by atoms with van der Waals surface area (Å²) in [7, 11) is -1.65. The lowest BCUT2D eigenvalue weighted by Gasteiger charge is -2.36. The van der Waals surface area contributed by atoms with Gasteiger partial charge in [0.1, 0.15) is 0 Å². The van der Waals surface area contributed by atoms with Gasteiger partial charge in [0.2, 0.25) is 0 Å². The SMILES string of the molecule is CC(C)(C)[Si](C)(C)OCCOCCOCCOCCOCCN. The lowest BCUT2D eigenvalue weighted by molar-refractivity contribution is -0.00432. The van der Waals surface area contributed by atoms with Gasteiger partial charge in [0, 0.05) is 6.54 Å². The van der Waals surface area contributed by atoms with Gasteiger partial charge in [-0.25, -0.2) is 0 Å². The summed E-state index contributed by atoms with van der Waals surface area (Å²) in [5, 5.41) is 0.242. The Morgan fingerprint density at radius 3 is 1.35 bits per heavy atom. The van der Waals surface area contributed by atoms with Gasteiger partial charge < -0.3 is 29.1 Å². The molecule has 0 aromatic carbocycles. The van der Waals surface area contributed by atoms with Crippen LogP contribution in [0.1, 0.15) is 20.8 Å². The van der Waals surface area contributed by atoms with Crippen LogP contribution in [0.15, 0.2) is 0 Å². The maximum Gasteiger partial charge on any atom is 0.192 e. The van der Waals surface area contributed by atoms with Crippen LogP contribution >= 0.6 is 0 Å². The molecule has 0 amide bonds. The highest BCUT2D eigenvalue weighted by Gasteiger charge is 2.36. The van der Waals surface area contributed by atoms with Crippen LogP contribution in [-0.2, 0) is 23.4 Å². The first-order chi connectivity index (χ1) is 10.8. The van der Waals surface area contributed by atoms with E-state index in [-0.39, 0.29) is 5.04 Å². The smallest absolute Gasteiger partial charge is 0.192 e. The lowest BCUT2D eigenvalue weighted by Crippen LogP contribution is -2.41. The van der Waals surface area contributed by atoms with Crippen molar-refractivity contribution in [3.63, 3.8) is 0 Å². The van der Waals surface area contributed by atoms with Crippen molar-refractivity contribution in [2.75, 3.05) is 66.0 Å². The van der Waals surface area contributed by atoms with E-state index >= 15 is 0 Å². The largest absolute Gasteiger partial charge is 0.414 e. The third kappa shape index (κ3) is 13.0. The molecule has 0 spiro atoms. The molecule has 6 nitrogen and oxygen atoms in total. The summed E-state index contributed by atoms with van der Waals surface area (Å²) in [5.74, 6) is 0. The summed E-state index contributed by atoms with van der Waals surface area (Å²) in [6.07, 6.45) is 0. The molecule has 0 saturated carbocycles. The highest BCUT2D eigenvalue weighted by atomic mass is 28.4. The Morgan fingerprint density at radius 2 is 1.00 bits per heavy atom. The molecule has 0 aromatic heterocycles. The Morgan fingerprint density at radius 1 is 0.652 bits per heavy atom. The predicted molar refractivity (Wildman–Crippen MR) is 95.5 cm³/mol. The van der Waals surface area contributed by atoms with E-state index in [1.54, 1.807) is 0 Å². The van der Waals surface area contributed by atoms with E-state index in [9.17, 15) is 0 Å². The van der Waals surface area contributed by atoms with E-state index in [0.717, 1.165) is 0 Å². The molecule has 0 rings (SSSR count). The van der Waals surface area contributed by atoms with Gasteiger partial charge in [-0.05, 0) is 18.1 Å². The monoisotopic (exact) mass is 351 g/mol. The molecule has 0 heterocycles. The molecular weight excluding hydrogens is 314 g/mol. The normalized spacial score (nSPS) is 12.8. The molecule has 0 saturated heterocycles. The van der Waals surface area contributed by atoms with Crippen LogP contribution in [-0.4, -0.2) is 74.3 Å². The van der Waals surface area contributed by atoms with E-state index in [1.165, 1.54) is 0 Å². The molecule has 0 radical (unpaired) electrons. The zero-order valence-corrected chi connectivity index (χ0v) is 16.7. The van der Waals surface area contributed by atoms with Crippen LogP contribution in [0.5, 0.6) is 0 Å². The fourth-order valence-electron chi connectivity index (χ4n) is 1.42. The highest BCUT2D eigenvalue weighted by Crippen LogP contribution is 2.36. The van der Waals surface area contributed by atoms with Gasteiger partial charge in [0.15, 0.2) is 8.32 Å². The number of nitrogens with two attached hydrogens (primary N) is 1. The first-order valence-electron chi connectivity index (χ1n) is 8.46. The quantitative estimate of drug-likeness (QED) is 0.359. The van der Waals surface area contributed by atoms with Crippen LogP contribution in [0.4, 0.5) is 0 Å². The van der Waals surface area contributed by atoms with Crippen molar-refractivity contribution < 1.29 is 23.4 Å². The first-order valence-corrected chi connectivity index (χ1v) is 11.4. The second-order valence-corrected chi connectivity index (χ2v) is 11.7. The van der Waals surface area contributed by atoms with Crippen LogP contribution < -0.4 is 5.73 Å². The summed E-state index contributed by atoms with van der Waals surface area (Å²) in [6.45, 7) is 17.1. The summed E-state index contributed by atoms with van der Waals surface area (Å²) >= 11 is 0. The van der Waals surface area contributed by atoms with Crippen LogP contribution in [0, 0.1) is 0 Å². The number of hydrogen-bond acceptors (Lipinski definition) is 6. The standard InChI is InChI=1S/C16H37NO5Si/c1-16(2,3)23(4,5)22-15-14-21-13-12-20-11-10-19-9-8-18-7-6-17/h6-15,17H2,1-5H3. The molecule has 0 bridgehead atoms. The van der Waals surface area contributed by atoms with E-state index < -0.39 is 8.32 Å². The van der Waals surface area contributed by atoms with Crippen LogP contribution in [0.2, 0.25) is 18.1 Å². The number of ether oxygens (including phenoxy) is 4. The Kier molecular flexibility index (Phi) is 13.3. The summed E-state index contributed by atoms with van der Waals surface area (Å²) in [5.41, 5.74) is 5.30. The minimum absolute atomic E-state index is 0.242.